The van der Waals surface area contributed by atoms with Gasteiger partial charge in [0.2, 0.25) is 11.0 Å². The van der Waals surface area contributed by atoms with E-state index in [1.165, 1.54) is 0 Å². The second kappa shape index (κ2) is 6.54. The molecule has 1 heterocycles. The Morgan fingerprint density at radius 2 is 2.12 bits per heavy atom. The molecule has 1 aromatic heterocycles. The molecule has 0 unspecified atom stereocenters. The number of aromatic nitrogens is 2. The maximum atomic E-state index is 11.5. The first-order valence-electron chi connectivity index (χ1n) is 5.93. The zero-order chi connectivity index (χ0) is 12.8. The van der Waals surface area contributed by atoms with Crippen LogP contribution in [0.15, 0.2) is 0 Å². The summed E-state index contributed by atoms with van der Waals surface area (Å²) < 4.78 is 0. The van der Waals surface area contributed by atoms with Crippen LogP contribution in [-0.2, 0) is 4.79 Å². The molecular weight excluding hydrogens is 236 g/mol. The largest absolute Gasteiger partial charge is 0.355 e. The Labute approximate surface area is 106 Å². The minimum absolute atomic E-state index is 0.0237. The van der Waals surface area contributed by atoms with E-state index in [0.29, 0.717) is 19.0 Å². The van der Waals surface area contributed by atoms with Crippen LogP contribution in [-0.4, -0.2) is 35.7 Å². The number of nitrogens with one attached hydrogen (secondary N) is 1. The van der Waals surface area contributed by atoms with Crippen LogP contribution in [0.25, 0.3) is 0 Å². The summed E-state index contributed by atoms with van der Waals surface area (Å²) in [4.78, 5) is 13.5. The summed E-state index contributed by atoms with van der Waals surface area (Å²) in [5, 5.41) is 12.9. The summed E-state index contributed by atoms with van der Waals surface area (Å²) in [7, 11) is 0. The third-order valence-electron chi connectivity index (χ3n) is 2.28. The average molecular weight is 256 g/mol. The van der Waals surface area contributed by atoms with Crippen LogP contribution in [0.2, 0.25) is 0 Å². The van der Waals surface area contributed by atoms with Gasteiger partial charge >= 0.3 is 0 Å². The fourth-order valence-electron chi connectivity index (χ4n) is 1.33. The number of likely N-dealkylation sites (N-methyl/N-ethyl adjacent to an activating group) is 2. The fourth-order valence-corrected chi connectivity index (χ4v) is 2.24. The van der Waals surface area contributed by atoms with E-state index in [0.717, 1.165) is 16.7 Å². The zero-order valence-electron chi connectivity index (χ0n) is 10.9. The number of carbonyl (C=O) groups is 1. The highest BCUT2D eigenvalue weighted by Gasteiger charge is 2.15. The van der Waals surface area contributed by atoms with Gasteiger partial charge in [-0.2, -0.15) is 0 Å². The molecule has 0 atom stereocenters. The van der Waals surface area contributed by atoms with Crippen molar-refractivity contribution in [2.24, 2.45) is 0 Å². The molecule has 0 bridgehead atoms. The van der Waals surface area contributed by atoms with E-state index < -0.39 is 0 Å². The van der Waals surface area contributed by atoms with Crippen LogP contribution in [0.3, 0.4) is 0 Å². The van der Waals surface area contributed by atoms with Crippen LogP contribution in [0.4, 0.5) is 5.13 Å². The van der Waals surface area contributed by atoms with Crippen molar-refractivity contribution in [2.75, 3.05) is 24.5 Å². The minimum atomic E-state index is 0.0237. The molecule has 1 amide bonds. The van der Waals surface area contributed by atoms with Gasteiger partial charge in [-0.1, -0.05) is 25.2 Å². The van der Waals surface area contributed by atoms with E-state index in [2.05, 4.69) is 29.4 Å². The van der Waals surface area contributed by atoms with Crippen molar-refractivity contribution in [1.82, 2.24) is 15.5 Å². The van der Waals surface area contributed by atoms with E-state index >= 15 is 0 Å². The number of anilines is 1. The first-order valence-corrected chi connectivity index (χ1v) is 6.75. The molecule has 0 fully saturated rings. The monoisotopic (exact) mass is 256 g/mol. The van der Waals surface area contributed by atoms with E-state index in [4.69, 9.17) is 0 Å². The molecule has 96 valence electrons. The lowest BCUT2D eigenvalue weighted by molar-refractivity contribution is -0.119. The summed E-state index contributed by atoms with van der Waals surface area (Å²) in [6.07, 6.45) is 0. The number of amides is 1. The van der Waals surface area contributed by atoms with Gasteiger partial charge in [-0.25, -0.2) is 0 Å². The Morgan fingerprint density at radius 3 is 2.59 bits per heavy atom. The predicted molar refractivity (Wildman–Crippen MR) is 70.6 cm³/mol. The highest BCUT2D eigenvalue weighted by atomic mass is 32.1. The van der Waals surface area contributed by atoms with Gasteiger partial charge in [0.05, 0.1) is 6.54 Å². The molecule has 0 spiro atoms. The van der Waals surface area contributed by atoms with Crippen molar-refractivity contribution in [3.63, 3.8) is 0 Å². The van der Waals surface area contributed by atoms with Crippen molar-refractivity contribution >= 4 is 22.4 Å². The Bertz CT molecular complexity index is 364. The van der Waals surface area contributed by atoms with Crippen molar-refractivity contribution in [3.05, 3.63) is 5.01 Å². The molecule has 6 heteroatoms. The molecule has 0 aromatic carbocycles. The summed E-state index contributed by atoms with van der Waals surface area (Å²) in [6.45, 7) is 9.85. The highest BCUT2D eigenvalue weighted by molar-refractivity contribution is 7.15. The first kappa shape index (κ1) is 13.9. The van der Waals surface area contributed by atoms with Crippen LogP contribution in [0.5, 0.6) is 0 Å². The number of hydrogen-bond donors (Lipinski definition) is 1. The van der Waals surface area contributed by atoms with Crippen LogP contribution < -0.4 is 10.2 Å². The third-order valence-corrected chi connectivity index (χ3v) is 3.57. The number of rotatable bonds is 6. The van der Waals surface area contributed by atoms with Crippen LogP contribution >= 0.6 is 11.3 Å². The predicted octanol–water partition coefficient (Wildman–Crippen LogP) is 1.62. The van der Waals surface area contributed by atoms with Gasteiger partial charge < -0.3 is 10.2 Å². The first-order chi connectivity index (χ1) is 8.08. The van der Waals surface area contributed by atoms with Crippen molar-refractivity contribution in [3.8, 4) is 0 Å². The molecule has 1 N–H and O–H groups in total. The van der Waals surface area contributed by atoms with Gasteiger partial charge in [0.25, 0.3) is 0 Å². The minimum Gasteiger partial charge on any atom is -0.355 e. The summed E-state index contributed by atoms with van der Waals surface area (Å²) in [5.74, 6) is 0.403. The molecule has 0 aliphatic heterocycles. The Balaban J connectivity index is 2.68. The molecule has 0 radical (unpaired) electrons. The Hall–Kier alpha value is -1.17. The lowest BCUT2D eigenvalue weighted by Gasteiger charge is -2.18. The van der Waals surface area contributed by atoms with Gasteiger partial charge in [0.15, 0.2) is 0 Å². The maximum absolute atomic E-state index is 11.5. The highest BCUT2D eigenvalue weighted by Crippen LogP contribution is 2.25. The van der Waals surface area contributed by atoms with Crippen LogP contribution in [0, 0.1) is 0 Å². The van der Waals surface area contributed by atoms with E-state index in [1.807, 2.05) is 18.7 Å². The second-order valence-corrected chi connectivity index (χ2v) is 5.03. The second-order valence-electron chi connectivity index (χ2n) is 4.05. The molecule has 17 heavy (non-hydrogen) atoms. The zero-order valence-corrected chi connectivity index (χ0v) is 11.7. The van der Waals surface area contributed by atoms with Gasteiger partial charge in [-0.3, -0.25) is 4.79 Å². The summed E-state index contributed by atoms with van der Waals surface area (Å²) in [5.41, 5.74) is 0. The SMILES string of the molecule is CCNC(=O)CN(CC)c1nnc(C(C)C)s1. The Kier molecular flexibility index (Phi) is 5.34. The van der Waals surface area contributed by atoms with Gasteiger partial charge in [0, 0.05) is 19.0 Å². The average Bonchev–Trinajstić information content (AvgIpc) is 2.75. The lowest BCUT2D eigenvalue weighted by atomic mass is 10.2. The third kappa shape index (κ3) is 3.96. The Morgan fingerprint density at radius 1 is 1.41 bits per heavy atom. The lowest BCUT2D eigenvalue weighted by Crippen LogP contribution is -2.37. The van der Waals surface area contributed by atoms with Gasteiger partial charge in [-0.05, 0) is 13.8 Å². The van der Waals surface area contributed by atoms with Gasteiger partial charge in [-0.15, -0.1) is 10.2 Å². The summed E-state index contributed by atoms with van der Waals surface area (Å²) in [6, 6.07) is 0. The fraction of sp³-hybridized carbons (Fsp3) is 0.727. The molecule has 1 aromatic rings. The quantitative estimate of drug-likeness (QED) is 0.840. The number of nitrogens with zero attached hydrogens (tertiary/aromatic N) is 3. The maximum Gasteiger partial charge on any atom is 0.239 e. The van der Waals surface area contributed by atoms with Crippen LogP contribution in [0.1, 0.15) is 38.6 Å². The molecule has 1 rings (SSSR count). The molecule has 5 nitrogen and oxygen atoms in total. The normalized spacial score (nSPS) is 10.6. The van der Waals surface area contributed by atoms with E-state index in [1.54, 1.807) is 11.3 Å². The molecule has 0 aliphatic rings. The molecule has 0 saturated carbocycles. The van der Waals surface area contributed by atoms with E-state index in [-0.39, 0.29) is 5.91 Å². The van der Waals surface area contributed by atoms with E-state index in [9.17, 15) is 4.79 Å². The molecule has 0 aliphatic carbocycles. The topological polar surface area (TPSA) is 58.1 Å². The molecule has 0 saturated heterocycles. The van der Waals surface area contributed by atoms with Crippen molar-refractivity contribution < 1.29 is 4.79 Å². The smallest absolute Gasteiger partial charge is 0.239 e. The van der Waals surface area contributed by atoms with Crippen molar-refractivity contribution in [1.29, 1.82) is 0 Å². The summed E-state index contributed by atoms with van der Waals surface area (Å²) >= 11 is 1.56. The number of carbonyl (C=O) groups excluding carboxylic acids is 1. The standard InChI is InChI=1S/C11H20N4OS/c1-5-12-9(16)7-15(6-2)11-14-13-10(17-11)8(3)4/h8H,5-7H2,1-4H3,(H,12,16). The van der Waals surface area contributed by atoms with Gasteiger partial charge in [0.1, 0.15) is 5.01 Å². The number of hydrogen-bond acceptors (Lipinski definition) is 5. The molecular formula is C11H20N4OS. The van der Waals surface area contributed by atoms with Crippen molar-refractivity contribution in [2.45, 2.75) is 33.6 Å².